The highest BCUT2D eigenvalue weighted by atomic mass is 32.1. The first-order valence-electron chi connectivity index (χ1n) is 5.15. The summed E-state index contributed by atoms with van der Waals surface area (Å²) in [5, 5.41) is 6.79. The van der Waals surface area contributed by atoms with Crippen molar-refractivity contribution in [2.75, 3.05) is 6.54 Å². The van der Waals surface area contributed by atoms with Gasteiger partial charge in [-0.15, -0.1) is 0 Å². The Morgan fingerprint density at radius 1 is 1.46 bits per heavy atom. The van der Waals surface area contributed by atoms with Crippen LogP contribution in [0.3, 0.4) is 0 Å². The lowest BCUT2D eigenvalue weighted by molar-refractivity contribution is 0.482. The summed E-state index contributed by atoms with van der Waals surface area (Å²) in [5.41, 5.74) is 0. The van der Waals surface area contributed by atoms with Gasteiger partial charge in [0, 0.05) is 6.04 Å². The smallest absolute Gasteiger partial charge is 0.0927 e. The predicted molar refractivity (Wildman–Crippen MR) is 61.1 cm³/mol. The molecule has 0 spiro atoms. The summed E-state index contributed by atoms with van der Waals surface area (Å²) >= 11 is 5.34. The molecule has 0 amide bonds. The highest BCUT2D eigenvalue weighted by molar-refractivity contribution is 7.80. The molecule has 1 heterocycles. The summed E-state index contributed by atoms with van der Waals surface area (Å²) in [5.74, 6) is 0.638. The molecule has 0 bridgehead atoms. The van der Waals surface area contributed by atoms with Gasteiger partial charge in [-0.2, -0.15) is 0 Å². The monoisotopic (exact) mass is 200 g/mol. The minimum absolute atomic E-state index is 0.427. The van der Waals surface area contributed by atoms with Gasteiger partial charge in [-0.25, -0.2) is 0 Å². The van der Waals surface area contributed by atoms with Crippen molar-refractivity contribution in [1.29, 1.82) is 0 Å². The average Bonchev–Trinajstić information content (AvgIpc) is 2.55. The van der Waals surface area contributed by atoms with Crippen LogP contribution < -0.4 is 10.6 Å². The lowest BCUT2D eigenvalue weighted by atomic mass is 10.1. The van der Waals surface area contributed by atoms with E-state index in [1.165, 1.54) is 12.8 Å². The lowest BCUT2D eigenvalue weighted by Gasteiger charge is -2.22. The highest BCUT2D eigenvalue weighted by Gasteiger charge is 2.20. The Labute approximate surface area is 86.5 Å². The molecule has 1 aliphatic heterocycles. The molecule has 2 atom stereocenters. The molecular formula is C10H20N2S. The maximum atomic E-state index is 5.34. The maximum Gasteiger partial charge on any atom is 0.0927 e. The molecule has 0 saturated carbocycles. The Morgan fingerprint density at radius 3 is 2.62 bits per heavy atom. The normalized spacial score (nSPS) is 24.8. The van der Waals surface area contributed by atoms with Gasteiger partial charge in [0.25, 0.3) is 0 Å². The molecule has 1 rings (SSSR count). The van der Waals surface area contributed by atoms with Crippen molar-refractivity contribution in [2.45, 2.75) is 45.7 Å². The third kappa shape index (κ3) is 3.24. The molecule has 76 valence electrons. The van der Waals surface area contributed by atoms with Crippen molar-refractivity contribution >= 4 is 17.2 Å². The van der Waals surface area contributed by atoms with Gasteiger partial charge in [0.1, 0.15) is 0 Å². The third-order valence-electron chi connectivity index (χ3n) is 2.75. The summed E-state index contributed by atoms with van der Waals surface area (Å²) in [4.78, 5) is 0.999. The number of hydrogen-bond acceptors (Lipinski definition) is 2. The van der Waals surface area contributed by atoms with E-state index in [1.807, 2.05) is 0 Å². The van der Waals surface area contributed by atoms with E-state index in [-0.39, 0.29) is 0 Å². The molecular weight excluding hydrogens is 180 g/mol. The zero-order valence-corrected chi connectivity index (χ0v) is 9.58. The summed E-state index contributed by atoms with van der Waals surface area (Å²) in [6, 6.07) is 0.908. The van der Waals surface area contributed by atoms with Gasteiger partial charge in [-0.05, 0) is 32.2 Å². The number of hydrogen-bond donors (Lipinski definition) is 2. The minimum Gasteiger partial charge on any atom is -0.376 e. The van der Waals surface area contributed by atoms with E-state index < -0.39 is 0 Å². The van der Waals surface area contributed by atoms with Crippen LogP contribution in [0.15, 0.2) is 0 Å². The summed E-state index contributed by atoms with van der Waals surface area (Å²) in [6.07, 6.45) is 2.44. The Morgan fingerprint density at radius 2 is 2.15 bits per heavy atom. The highest BCUT2D eigenvalue weighted by Crippen LogP contribution is 2.08. The summed E-state index contributed by atoms with van der Waals surface area (Å²) in [6.45, 7) is 7.72. The van der Waals surface area contributed by atoms with Gasteiger partial charge in [0.15, 0.2) is 0 Å². The zero-order valence-electron chi connectivity index (χ0n) is 8.76. The van der Waals surface area contributed by atoms with Crippen LogP contribution in [-0.4, -0.2) is 23.6 Å². The van der Waals surface area contributed by atoms with E-state index in [0.29, 0.717) is 18.0 Å². The molecule has 0 radical (unpaired) electrons. The second-order valence-corrected chi connectivity index (χ2v) is 4.63. The number of nitrogens with one attached hydrogen (secondary N) is 2. The van der Waals surface area contributed by atoms with Crippen LogP contribution in [-0.2, 0) is 0 Å². The van der Waals surface area contributed by atoms with Crippen LogP contribution in [0, 0.1) is 5.92 Å². The first-order chi connectivity index (χ1) is 6.11. The van der Waals surface area contributed by atoms with E-state index in [1.54, 1.807) is 0 Å². The van der Waals surface area contributed by atoms with Crippen LogP contribution in [0.4, 0.5) is 0 Å². The zero-order chi connectivity index (χ0) is 9.84. The van der Waals surface area contributed by atoms with E-state index in [2.05, 4.69) is 31.4 Å². The fourth-order valence-electron chi connectivity index (χ4n) is 1.40. The first-order valence-corrected chi connectivity index (χ1v) is 5.56. The molecule has 2 N–H and O–H groups in total. The van der Waals surface area contributed by atoms with Gasteiger partial charge in [-0.3, -0.25) is 0 Å². The summed E-state index contributed by atoms with van der Waals surface area (Å²) in [7, 11) is 0. The number of rotatable bonds is 3. The standard InChI is InChI=1S/C10H20N2S/c1-7(2)8(3)12-10(13)9-5-4-6-11-9/h7-9,11H,4-6H2,1-3H3,(H,12,13). The molecule has 2 unspecified atom stereocenters. The average molecular weight is 200 g/mol. The third-order valence-corrected chi connectivity index (χ3v) is 3.15. The van der Waals surface area contributed by atoms with Crippen molar-refractivity contribution in [2.24, 2.45) is 5.92 Å². The first kappa shape index (κ1) is 10.9. The maximum absolute atomic E-state index is 5.34. The molecule has 0 aromatic rings. The quantitative estimate of drug-likeness (QED) is 0.678. The van der Waals surface area contributed by atoms with Gasteiger partial charge >= 0.3 is 0 Å². The molecule has 1 fully saturated rings. The van der Waals surface area contributed by atoms with Gasteiger partial charge in [0.05, 0.1) is 11.0 Å². The molecule has 2 nitrogen and oxygen atoms in total. The molecule has 1 saturated heterocycles. The number of thiocarbonyl (C=S) groups is 1. The summed E-state index contributed by atoms with van der Waals surface area (Å²) < 4.78 is 0. The van der Waals surface area contributed by atoms with Crippen LogP contribution >= 0.6 is 12.2 Å². The van der Waals surface area contributed by atoms with E-state index in [9.17, 15) is 0 Å². The van der Waals surface area contributed by atoms with Gasteiger partial charge in [0.2, 0.25) is 0 Å². The van der Waals surface area contributed by atoms with E-state index in [0.717, 1.165) is 11.5 Å². The molecule has 0 aromatic carbocycles. The van der Waals surface area contributed by atoms with Gasteiger partial charge < -0.3 is 10.6 Å². The Kier molecular flexibility index (Phi) is 4.13. The van der Waals surface area contributed by atoms with E-state index in [4.69, 9.17) is 12.2 Å². The Bertz CT molecular complexity index is 174. The molecule has 1 aliphatic rings. The SMILES string of the molecule is CC(C)C(C)NC(=S)C1CCCN1. The predicted octanol–water partition coefficient (Wildman–Crippen LogP) is 1.70. The molecule has 0 aliphatic carbocycles. The van der Waals surface area contributed by atoms with Crippen molar-refractivity contribution in [1.82, 2.24) is 10.6 Å². The van der Waals surface area contributed by atoms with Crippen molar-refractivity contribution in [3.63, 3.8) is 0 Å². The van der Waals surface area contributed by atoms with E-state index >= 15 is 0 Å². The van der Waals surface area contributed by atoms with Crippen LogP contribution in [0.1, 0.15) is 33.6 Å². The van der Waals surface area contributed by atoms with Crippen LogP contribution in [0.25, 0.3) is 0 Å². The van der Waals surface area contributed by atoms with Crippen LogP contribution in [0.2, 0.25) is 0 Å². The second-order valence-electron chi connectivity index (χ2n) is 4.19. The van der Waals surface area contributed by atoms with Crippen molar-refractivity contribution in [3.05, 3.63) is 0 Å². The minimum atomic E-state index is 0.427. The largest absolute Gasteiger partial charge is 0.376 e. The molecule has 3 heteroatoms. The Hall–Kier alpha value is -0.150. The topological polar surface area (TPSA) is 24.1 Å². The fourth-order valence-corrected chi connectivity index (χ4v) is 1.79. The molecule has 13 heavy (non-hydrogen) atoms. The Balaban J connectivity index is 2.31. The lowest BCUT2D eigenvalue weighted by Crippen LogP contribution is -2.44. The molecule has 0 aromatic heterocycles. The van der Waals surface area contributed by atoms with Crippen LogP contribution in [0.5, 0.6) is 0 Å². The van der Waals surface area contributed by atoms with Crippen molar-refractivity contribution < 1.29 is 0 Å². The van der Waals surface area contributed by atoms with Crippen molar-refractivity contribution in [3.8, 4) is 0 Å². The second kappa shape index (κ2) is 4.91. The fraction of sp³-hybridized carbons (Fsp3) is 0.900. The van der Waals surface area contributed by atoms with Gasteiger partial charge in [-0.1, -0.05) is 26.1 Å².